The number of carboxylic acid groups (broad SMARTS) is 1. The van der Waals surface area contributed by atoms with Crippen molar-refractivity contribution in [3.8, 4) is 11.8 Å². The predicted octanol–water partition coefficient (Wildman–Crippen LogP) is 5.36. The van der Waals surface area contributed by atoms with Crippen LogP contribution >= 0.6 is 31.9 Å². The standard InChI is InChI=1S/C20H16Br2N2O5/c1-11(2-7-17(25)26)19(15-8-13(21)9-16(22)18(15)27)29-20(28)24-14-5-3-12(10-23)4-6-14/h2-9,11,19,27H,1H3,(H,24,28)(H,25,26)/b7-2+/t11-,19-/m0/s1. The monoisotopic (exact) mass is 522 g/mol. The number of phenols is 1. The minimum absolute atomic E-state index is 0.125. The van der Waals surface area contributed by atoms with Gasteiger partial charge in [0.1, 0.15) is 11.9 Å². The number of rotatable bonds is 6. The summed E-state index contributed by atoms with van der Waals surface area (Å²) in [5.41, 5.74) is 1.16. The minimum atomic E-state index is -1.14. The molecule has 0 fully saturated rings. The average molecular weight is 524 g/mol. The van der Waals surface area contributed by atoms with Gasteiger partial charge in [-0.15, -0.1) is 0 Å². The van der Waals surface area contributed by atoms with E-state index in [1.165, 1.54) is 6.08 Å². The molecule has 0 aliphatic carbocycles. The lowest BCUT2D eigenvalue weighted by Gasteiger charge is -2.24. The number of carboxylic acids is 1. The highest BCUT2D eigenvalue weighted by Crippen LogP contribution is 2.40. The van der Waals surface area contributed by atoms with Gasteiger partial charge in [-0.2, -0.15) is 5.26 Å². The third-order valence-electron chi connectivity index (χ3n) is 3.88. The molecule has 0 radical (unpaired) electrons. The van der Waals surface area contributed by atoms with Crippen LogP contribution < -0.4 is 5.32 Å². The van der Waals surface area contributed by atoms with Gasteiger partial charge in [0, 0.05) is 27.7 Å². The first-order valence-electron chi connectivity index (χ1n) is 8.28. The van der Waals surface area contributed by atoms with Crippen molar-refractivity contribution in [1.82, 2.24) is 0 Å². The number of ether oxygens (including phenoxy) is 1. The van der Waals surface area contributed by atoms with Crippen LogP contribution in [0.2, 0.25) is 0 Å². The van der Waals surface area contributed by atoms with E-state index in [1.54, 1.807) is 43.3 Å². The van der Waals surface area contributed by atoms with Crippen molar-refractivity contribution < 1.29 is 24.5 Å². The van der Waals surface area contributed by atoms with Gasteiger partial charge in [0.15, 0.2) is 0 Å². The topological polar surface area (TPSA) is 120 Å². The number of amides is 1. The molecule has 0 heterocycles. The van der Waals surface area contributed by atoms with Crippen molar-refractivity contribution in [1.29, 1.82) is 5.26 Å². The van der Waals surface area contributed by atoms with E-state index in [2.05, 4.69) is 37.2 Å². The Morgan fingerprint density at radius 3 is 2.48 bits per heavy atom. The second-order valence-electron chi connectivity index (χ2n) is 6.02. The molecule has 0 saturated carbocycles. The molecule has 2 aromatic carbocycles. The highest BCUT2D eigenvalue weighted by Gasteiger charge is 2.26. The number of nitrogens with zero attached hydrogens (tertiary/aromatic N) is 1. The van der Waals surface area contributed by atoms with Crippen LogP contribution in [0.25, 0.3) is 0 Å². The average Bonchev–Trinajstić information content (AvgIpc) is 2.67. The van der Waals surface area contributed by atoms with Crippen LogP contribution in [0.5, 0.6) is 5.75 Å². The van der Waals surface area contributed by atoms with Gasteiger partial charge in [-0.25, -0.2) is 9.59 Å². The number of aliphatic carboxylic acids is 1. The summed E-state index contributed by atoms with van der Waals surface area (Å²) in [5.74, 6) is -1.83. The van der Waals surface area contributed by atoms with Gasteiger partial charge in [0.05, 0.1) is 16.1 Å². The van der Waals surface area contributed by atoms with Crippen LogP contribution in [0.1, 0.15) is 24.2 Å². The summed E-state index contributed by atoms with van der Waals surface area (Å²) >= 11 is 6.56. The van der Waals surface area contributed by atoms with Crippen LogP contribution in [0.15, 0.2) is 57.5 Å². The molecule has 2 aromatic rings. The van der Waals surface area contributed by atoms with Gasteiger partial charge in [0.2, 0.25) is 0 Å². The van der Waals surface area contributed by atoms with Crippen LogP contribution in [-0.4, -0.2) is 22.3 Å². The Morgan fingerprint density at radius 2 is 1.90 bits per heavy atom. The second kappa shape index (κ2) is 10.1. The highest BCUT2D eigenvalue weighted by atomic mass is 79.9. The van der Waals surface area contributed by atoms with E-state index < -0.39 is 24.1 Å². The third kappa shape index (κ3) is 6.34. The van der Waals surface area contributed by atoms with Crippen molar-refractivity contribution >= 4 is 49.6 Å². The zero-order valence-electron chi connectivity index (χ0n) is 15.1. The Balaban J connectivity index is 2.30. The molecule has 150 valence electrons. The predicted molar refractivity (Wildman–Crippen MR) is 113 cm³/mol. The summed E-state index contributed by atoms with van der Waals surface area (Å²) in [6.45, 7) is 1.66. The molecule has 7 nitrogen and oxygen atoms in total. The molecule has 2 atom stereocenters. The van der Waals surface area contributed by atoms with E-state index in [0.29, 0.717) is 25.8 Å². The zero-order chi connectivity index (χ0) is 21.6. The van der Waals surface area contributed by atoms with Gasteiger partial charge in [-0.3, -0.25) is 5.32 Å². The van der Waals surface area contributed by atoms with Crippen LogP contribution in [0.3, 0.4) is 0 Å². The molecule has 0 aliphatic rings. The number of anilines is 1. The molecule has 9 heteroatoms. The number of benzene rings is 2. The van der Waals surface area contributed by atoms with E-state index in [9.17, 15) is 14.7 Å². The smallest absolute Gasteiger partial charge is 0.412 e. The summed E-state index contributed by atoms with van der Waals surface area (Å²) < 4.78 is 6.54. The van der Waals surface area contributed by atoms with Crippen molar-refractivity contribution in [2.24, 2.45) is 5.92 Å². The maximum absolute atomic E-state index is 12.4. The van der Waals surface area contributed by atoms with E-state index in [4.69, 9.17) is 15.1 Å². The number of halogens is 2. The third-order valence-corrected chi connectivity index (χ3v) is 4.94. The minimum Gasteiger partial charge on any atom is -0.506 e. The van der Waals surface area contributed by atoms with Gasteiger partial charge in [-0.05, 0) is 52.3 Å². The fourth-order valence-corrected chi connectivity index (χ4v) is 3.74. The molecular weight excluding hydrogens is 508 g/mol. The van der Waals surface area contributed by atoms with Crippen molar-refractivity contribution in [2.45, 2.75) is 13.0 Å². The zero-order valence-corrected chi connectivity index (χ0v) is 18.3. The second-order valence-corrected chi connectivity index (χ2v) is 7.79. The molecule has 0 aliphatic heterocycles. The van der Waals surface area contributed by atoms with Crippen molar-refractivity contribution in [3.05, 3.63) is 68.6 Å². The fraction of sp³-hybridized carbons (Fsp3) is 0.150. The Bertz CT molecular complexity index is 984. The number of nitriles is 1. The van der Waals surface area contributed by atoms with Gasteiger partial charge >= 0.3 is 12.1 Å². The molecule has 0 saturated heterocycles. The highest BCUT2D eigenvalue weighted by molar-refractivity contribution is 9.11. The van der Waals surface area contributed by atoms with E-state index in [1.807, 2.05) is 6.07 Å². The molecule has 0 bridgehead atoms. The summed E-state index contributed by atoms with van der Waals surface area (Å²) in [6, 6.07) is 11.4. The molecule has 0 aromatic heterocycles. The Hall–Kier alpha value is -2.83. The van der Waals surface area contributed by atoms with E-state index in [0.717, 1.165) is 6.08 Å². The molecule has 0 unspecified atom stereocenters. The number of aromatic hydroxyl groups is 1. The van der Waals surface area contributed by atoms with Gasteiger partial charge in [0.25, 0.3) is 0 Å². The summed E-state index contributed by atoms with van der Waals surface area (Å²) in [4.78, 5) is 23.3. The first kappa shape index (κ1) is 22.5. The summed E-state index contributed by atoms with van der Waals surface area (Å²) in [7, 11) is 0. The van der Waals surface area contributed by atoms with Crippen molar-refractivity contribution in [2.75, 3.05) is 5.32 Å². The lowest BCUT2D eigenvalue weighted by Crippen LogP contribution is -2.21. The van der Waals surface area contributed by atoms with Crippen LogP contribution in [-0.2, 0) is 9.53 Å². The van der Waals surface area contributed by atoms with Crippen LogP contribution in [0, 0.1) is 17.2 Å². The number of hydrogen-bond acceptors (Lipinski definition) is 5. The molecule has 3 N–H and O–H groups in total. The summed E-state index contributed by atoms with van der Waals surface area (Å²) in [6.07, 6.45) is 0.545. The van der Waals surface area contributed by atoms with Gasteiger partial charge < -0.3 is 14.9 Å². The van der Waals surface area contributed by atoms with Gasteiger partial charge in [-0.1, -0.05) is 28.9 Å². The number of phenolic OH excluding ortho intramolecular Hbond substituents is 1. The Morgan fingerprint density at radius 1 is 1.24 bits per heavy atom. The number of carbonyl (C=O) groups excluding carboxylic acids is 1. The van der Waals surface area contributed by atoms with E-state index >= 15 is 0 Å². The lowest BCUT2D eigenvalue weighted by molar-refractivity contribution is -0.131. The number of nitrogens with one attached hydrogen (secondary N) is 1. The molecule has 29 heavy (non-hydrogen) atoms. The quantitative estimate of drug-likeness (QED) is 0.438. The molecule has 2 rings (SSSR count). The lowest BCUT2D eigenvalue weighted by atomic mass is 9.96. The fourth-order valence-electron chi connectivity index (χ4n) is 2.48. The van der Waals surface area contributed by atoms with Crippen molar-refractivity contribution in [3.63, 3.8) is 0 Å². The molecule has 0 spiro atoms. The van der Waals surface area contributed by atoms with E-state index in [-0.39, 0.29) is 5.75 Å². The largest absolute Gasteiger partial charge is 0.506 e. The SMILES string of the molecule is C[C@@H](/C=C/C(=O)O)[C@H](OC(=O)Nc1ccc(C#N)cc1)c1cc(Br)cc(Br)c1O. The Labute approximate surface area is 183 Å². The maximum atomic E-state index is 12.4. The summed E-state index contributed by atoms with van der Waals surface area (Å²) in [5, 5.41) is 30.7. The normalized spacial score (nSPS) is 12.8. The molecular formula is C20H16Br2N2O5. The maximum Gasteiger partial charge on any atom is 0.412 e. The number of hydrogen-bond donors (Lipinski definition) is 3. The first-order chi connectivity index (χ1) is 13.7. The van der Waals surface area contributed by atoms with Crippen LogP contribution in [0.4, 0.5) is 10.5 Å². The Kier molecular flexibility index (Phi) is 7.82. The first-order valence-corrected chi connectivity index (χ1v) is 9.86. The number of carbonyl (C=O) groups is 2. The molecule has 1 amide bonds.